The van der Waals surface area contributed by atoms with Gasteiger partial charge in [-0.15, -0.1) is 0 Å². The summed E-state index contributed by atoms with van der Waals surface area (Å²) in [6.07, 6.45) is 1.57. The molecular formula is C14H19FN4. The molecule has 2 rings (SSSR count). The molecule has 1 heterocycles. The molecule has 5 heteroatoms. The average Bonchev–Trinajstić information content (AvgIpc) is 2.83. The van der Waals surface area contributed by atoms with Gasteiger partial charge < -0.3 is 5.73 Å². The molecule has 0 fully saturated rings. The summed E-state index contributed by atoms with van der Waals surface area (Å²) in [4.78, 5) is 4.42. The molecule has 0 bridgehead atoms. The van der Waals surface area contributed by atoms with Crippen molar-refractivity contribution in [2.24, 2.45) is 5.73 Å². The maximum atomic E-state index is 14.1. The molecular weight excluding hydrogens is 243 g/mol. The first-order valence-corrected chi connectivity index (χ1v) is 6.58. The highest BCUT2D eigenvalue weighted by molar-refractivity contribution is 5.26. The van der Waals surface area contributed by atoms with Crippen molar-refractivity contribution in [2.75, 3.05) is 0 Å². The molecule has 0 aliphatic carbocycles. The van der Waals surface area contributed by atoms with Crippen LogP contribution in [0, 0.1) is 5.82 Å². The summed E-state index contributed by atoms with van der Waals surface area (Å²) in [5.74, 6) is 1.45. The molecule has 0 aliphatic rings. The number of halogens is 1. The summed E-state index contributed by atoms with van der Waals surface area (Å²) >= 11 is 0. The lowest BCUT2D eigenvalue weighted by Gasteiger charge is -2.08. The number of aromatic nitrogens is 3. The molecule has 2 N–H and O–H groups in total. The highest BCUT2D eigenvalue weighted by Gasteiger charge is 2.11. The van der Waals surface area contributed by atoms with Gasteiger partial charge >= 0.3 is 0 Å². The molecule has 102 valence electrons. The van der Waals surface area contributed by atoms with Crippen molar-refractivity contribution in [3.63, 3.8) is 0 Å². The fourth-order valence-corrected chi connectivity index (χ4v) is 2.04. The minimum absolute atomic E-state index is 0.206. The van der Waals surface area contributed by atoms with Gasteiger partial charge in [0.25, 0.3) is 0 Å². The van der Waals surface area contributed by atoms with Crippen molar-refractivity contribution in [3.8, 4) is 0 Å². The standard InChI is InChI=1S/C14H19FN4/c1-3-12-17-13(4-2)19(18-12)9-11-7-5-6-10(8-16)14(11)15/h5-7H,3-4,8-9,16H2,1-2H3. The van der Waals surface area contributed by atoms with Crippen molar-refractivity contribution < 1.29 is 4.39 Å². The summed E-state index contributed by atoms with van der Waals surface area (Å²) < 4.78 is 15.9. The Kier molecular flexibility index (Phi) is 4.27. The number of nitrogens with zero attached hydrogens (tertiary/aromatic N) is 3. The normalized spacial score (nSPS) is 10.9. The maximum absolute atomic E-state index is 14.1. The van der Waals surface area contributed by atoms with Crippen LogP contribution in [0.2, 0.25) is 0 Å². The molecule has 0 spiro atoms. The second-order valence-corrected chi connectivity index (χ2v) is 4.40. The van der Waals surface area contributed by atoms with Crippen LogP contribution in [0.3, 0.4) is 0 Å². The summed E-state index contributed by atoms with van der Waals surface area (Å²) in [6, 6.07) is 5.30. The molecule has 0 saturated carbocycles. The number of aryl methyl sites for hydroxylation is 2. The SMILES string of the molecule is CCc1nc(CC)n(Cc2cccc(CN)c2F)n1. The third kappa shape index (κ3) is 2.81. The smallest absolute Gasteiger partial charge is 0.150 e. The van der Waals surface area contributed by atoms with E-state index in [-0.39, 0.29) is 12.4 Å². The van der Waals surface area contributed by atoms with Crippen LogP contribution in [0.15, 0.2) is 18.2 Å². The van der Waals surface area contributed by atoms with E-state index in [0.717, 1.165) is 24.5 Å². The van der Waals surface area contributed by atoms with E-state index in [2.05, 4.69) is 10.1 Å². The predicted octanol–water partition coefficient (Wildman–Crippen LogP) is 2.05. The first kappa shape index (κ1) is 13.7. The maximum Gasteiger partial charge on any atom is 0.150 e. The van der Waals surface area contributed by atoms with Crippen LogP contribution < -0.4 is 5.73 Å². The Morgan fingerprint density at radius 2 is 1.95 bits per heavy atom. The summed E-state index contributed by atoms with van der Waals surface area (Å²) in [6.45, 7) is 4.63. The second kappa shape index (κ2) is 5.93. The van der Waals surface area contributed by atoms with Gasteiger partial charge in [-0.25, -0.2) is 14.1 Å². The lowest BCUT2D eigenvalue weighted by molar-refractivity contribution is 0.562. The monoisotopic (exact) mass is 262 g/mol. The van der Waals surface area contributed by atoms with Crippen molar-refractivity contribution in [1.82, 2.24) is 14.8 Å². The number of nitrogens with two attached hydrogens (primary N) is 1. The molecule has 0 aliphatic heterocycles. The minimum Gasteiger partial charge on any atom is -0.326 e. The Labute approximate surface area is 112 Å². The van der Waals surface area contributed by atoms with E-state index in [9.17, 15) is 4.39 Å². The number of hydrogen-bond acceptors (Lipinski definition) is 3. The van der Waals surface area contributed by atoms with E-state index in [0.29, 0.717) is 17.7 Å². The molecule has 2 aromatic rings. The van der Waals surface area contributed by atoms with Gasteiger partial charge in [0.1, 0.15) is 11.6 Å². The lowest BCUT2D eigenvalue weighted by atomic mass is 10.1. The molecule has 1 aromatic heterocycles. The van der Waals surface area contributed by atoms with Crippen LogP contribution >= 0.6 is 0 Å². The Balaban J connectivity index is 2.33. The zero-order valence-electron chi connectivity index (χ0n) is 11.4. The number of hydrogen-bond donors (Lipinski definition) is 1. The van der Waals surface area contributed by atoms with Gasteiger partial charge in [0.05, 0.1) is 6.54 Å². The van der Waals surface area contributed by atoms with Gasteiger partial charge in [0.2, 0.25) is 0 Å². The van der Waals surface area contributed by atoms with Crippen LogP contribution in [0.5, 0.6) is 0 Å². The van der Waals surface area contributed by atoms with Gasteiger partial charge in [0, 0.05) is 30.5 Å². The largest absolute Gasteiger partial charge is 0.326 e. The van der Waals surface area contributed by atoms with Crippen LogP contribution in [0.4, 0.5) is 4.39 Å². The Morgan fingerprint density at radius 3 is 2.58 bits per heavy atom. The Hall–Kier alpha value is -1.75. The zero-order valence-corrected chi connectivity index (χ0v) is 11.4. The van der Waals surface area contributed by atoms with E-state index in [1.54, 1.807) is 16.8 Å². The molecule has 0 radical (unpaired) electrons. The molecule has 19 heavy (non-hydrogen) atoms. The summed E-state index contributed by atoms with van der Waals surface area (Å²) in [7, 11) is 0. The van der Waals surface area contributed by atoms with Gasteiger partial charge in [-0.2, -0.15) is 5.10 Å². The van der Waals surface area contributed by atoms with Crippen LogP contribution in [-0.2, 0) is 25.9 Å². The van der Waals surface area contributed by atoms with Crippen molar-refractivity contribution in [2.45, 2.75) is 39.8 Å². The molecule has 0 saturated heterocycles. The van der Waals surface area contributed by atoms with Crippen LogP contribution in [-0.4, -0.2) is 14.8 Å². The Bertz CT molecular complexity index is 563. The van der Waals surface area contributed by atoms with Crippen molar-refractivity contribution in [1.29, 1.82) is 0 Å². The highest BCUT2D eigenvalue weighted by atomic mass is 19.1. The van der Waals surface area contributed by atoms with E-state index >= 15 is 0 Å². The van der Waals surface area contributed by atoms with E-state index in [1.807, 2.05) is 19.9 Å². The Morgan fingerprint density at radius 1 is 1.21 bits per heavy atom. The quantitative estimate of drug-likeness (QED) is 0.897. The van der Waals surface area contributed by atoms with Gasteiger partial charge in [-0.1, -0.05) is 32.0 Å². The second-order valence-electron chi connectivity index (χ2n) is 4.40. The summed E-state index contributed by atoms with van der Waals surface area (Å²) in [5.41, 5.74) is 6.66. The number of rotatable bonds is 5. The first-order chi connectivity index (χ1) is 9.19. The zero-order chi connectivity index (χ0) is 13.8. The van der Waals surface area contributed by atoms with Crippen molar-refractivity contribution >= 4 is 0 Å². The molecule has 4 nitrogen and oxygen atoms in total. The van der Waals surface area contributed by atoms with Gasteiger partial charge in [-0.05, 0) is 0 Å². The molecule has 0 atom stereocenters. The van der Waals surface area contributed by atoms with Gasteiger partial charge in [0.15, 0.2) is 5.82 Å². The van der Waals surface area contributed by atoms with Crippen molar-refractivity contribution in [3.05, 3.63) is 46.8 Å². The summed E-state index contributed by atoms with van der Waals surface area (Å²) in [5, 5.41) is 4.40. The fourth-order valence-electron chi connectivity index (χ4n) is 2.04. The number of benzene rings is 1. The van der Waals surface area contributed by atoms with E-state index in [4.69, 9.17) is 5.73 Å². The van der Waals surface area contributed by atoms with Gasteiger partial charge in [-0.3, -0.25) is 0 Å². The molecule has 0 amide bonds. The minimum atomic E-state index is -0.236. The van der Waals surface area contributed by atoms with E-state index < -0.39 is 0 Å². The predicted molar refractivity (Wildman–Crippen MR) is 72.2 cm³/mol. The topological polar surface area (TPSA) is 56.7 Å². The molecule has 0 unspecified atom stereocenters. The third-order valence-corrected chi connectivity index (χ3v) is 3.12. The van der Waals surface area contributed by atoms with E-state index in [1.165, 1.54) is 0 Å². The third-order valence-electron chi connectivity index (χ3n) is 3.12. The van der Waals surface area contributed by atoms with Crippen LogP contribution in [0.1, 0.15) is 36.6 Å². The average molecular weight is 262 g/mol. The first-order valence-electron chi connectivity index (χ1n) is 6.58. The fraction of sp³-hybridized carbons (Fsp3) is 0.429. The highest BCUT2D eigenvalue weighted by Crippen LogP contribution is 2.14. The van der Waals surface area contributed by atoms with Crippen LogP contribution in [0.25, 0.3) is 0 Å². The lowest BCUT2D eigenvalue weighted by Crippen LogP contribution is -2.10. The molecule has 1 aromatic carbocycles.